The van der Waals surface area contributed by atoms with E-state index in [-0.39, 0.29) is 5.56 Å². The number of fused-ring (bicyclic) bond motifs is 1. The maximum atomic E-state index is 14.2. The van der Waals surface area contributed by atoms with E-state index in [1.54, 1.807) is 6.07 Å². The van der Waals surface area contributed by atoms with Gasteiger partial charge in [0, 0.05) is 17.8 Å². The SMILES string of the molecule is CC1(c2cc(F)ccc2F)NC(=O)N(CC(=O)N2CCc3ccccc32)C1=O. The lowest BCUT2D eigenvalue weighted by Gasteiger charge is -2.23. The molecule has 144 valence electrons. The summed E-state index contributed by atoms with van der Waals surface area (Å²) in [6.07, 6.45) is 0.689. The molecule has 1 unspecified atom stereocenters. The van der Waals surface area contributed by atoms with Crippen LogP contribution in [0.4, 0.5) is 19.3 Å². The number of halogens is 2. The predicted octanol–water partition coefficient (Wildman–Crippen LogP) is 2.32. The molecule has 1 saturated heterocycles. The van der Waals surface area contributed by atoms with Crippen molar-refractivity contribution in [1.29, 1.82) is 0 Å². The Morgan fingerprint density at radius 2 is 1.93 bits per heavy atom. The van der Waals surface area contributed by atoms with Crippen molar-refractivity contribution < 1.29 is 23.2 Å². The third kappa shape index (κ3) is 2.72. The number of hydrogen-bond acceptors (Lipinski definition) is 3. The number of para-hydroxylation sites is 1. The van der Waals surface area contributed by atoms with Crippen molar-refractivity contribution in [2.45, 2.75) is 18.9 Å². The number of nitrogens with one attached hydrogen (secondary N) is 1. The molecule has 1 fully saturated rings. The smallest absolute Gasteiger partial charge is 0.319 e. The first-order valence-electron chi connectivity index (χ1n) is 8.79. The van der Waals surface area contributed by atoms with Crippen LogP contribution in [0.25, 0.3) is 0 Å². The van der Waals surface area contributed by atoms with Gasteiger partial charge in [0.2, 0.25) is 5.91 Å². The number of nitrogens with zero attached hydrogens (tertiary/aromatic N) is 2. The standard InChI is InChI=1S/C20H17F2N3O3/c1-20(14-10-13(21)6-7-15(14)22)18(27)25(19(28)23-20)11-17(26)24-9-8-12-4-2-3-5-16(12)24/h2-7,10H,8-9,11H2,1H3,(H,23,28). The zero-order chi connectivity index (χ0) is 20.1. The zero-order valence-corrected chi connectivity index (χ0v) is 15.0. The fraction of sp³-hybridized carbons (Fsp3) is 0.250. The van der Waals surface area contributed by atoms with Gasteiger partial charge in [-0.25, -0.2) is 13.6 Å². The number of amides is 4. The second-order valence-corrected chi connectivity index (χ2v) is 6.99. The van der Waals surface area contributed by atoms with Crippen LogP contribution in [0, 0.1) is 11.6 Å². The van der Waals surface area contributed by atoms with Gasteiger partial charge in [0.25, 0.3) is 5.91 Å². The van der Waals surface area contributed by atoms with Crippen molar-refractivity contribution in [2.75, 3.05) is 18.0 Å². The molecule has 1 atom stereocenters. The predicted molar refractivity (Wildman–Crippen MR) is 96.5 cm³/mol. The van der Waals surface area contributed by atoms with Crippen LogP contribution >= 0.6 is 0 Å². The minimum atomic E-state index is -1.79. The van der Waals surface area contributed by atoms with Gasteiger partial charge in [-0.3, -0.25) is 14.5 Å². The van der Waals surface area contributed by atoms with Crippen LogP contribution in [0.5, 0.6) is 0 Å². The molecule has 2 aliphatic heterocycles. The molecule has 8 heteroatoms. The first kappa shape index (κ1) is 18.1. The van der Waals surface area contributed by atoms with E-state index < -0.39 is 41.6 Å². The third-order valence-corrected chi connectivity index (χ3v) is 5.22. The first-order valence-corrected chi connectivity index (χ1v) is 8.79. The summed E-state index contributed by atoms with van der Waals surface area (Å²) >= 11 is 0. The number of rotatable bonds is 3. The first-order chi connectivity index (χ1) is 13.3. The topological polar surface area (TPSA) is 69.7 Å². The van der Waals surface area contributed by atoms with E-state index in [0.29, 0.717) is 13.0 Å². The van der Waals surface area contributed by atoms with Crippen molar-refractivity contribution in [3.05, 3.63) is 65.2 Å². The Balaban J connectivity index is 1.58. The largest absolute Gasteiger partial charge is 0.325 e. The Morgan fingerprint density at radius 1 is 1.18 bits per heavy atom. The van der Waals surface area contributed by atoms with E-state index in [9.17, 15) is 23.2 Å². The Morgan fingerprint density at radius 3 is 2.71 bits per heavy atom. The molecule has 0 aliphatic carbocycles. The van der Waals surface area contributed by atoms with Gasteiger partial charge in [-0.05, 0) is 43.2 Å². The van der Waals surface area contributed by atoms with E-state index in [1.165, 1.54) is 11.8 Å². The molecular weight excluding hydrogens is 368 g/mol. The van der Waals surface area contributed by atoms with Gasteiger partial charge in [0.15, 0.2) is 0 Å². The van der Waals surface area contributed by atoms with E-state index in [0.717, 1.165) is 34.3 Å². The lowest BCUT2D eigenvalue weighted by atomic mass is 9.91. The Kier molecular flexibility index (Phi) is 4.14. The van der Waals surface area contributed by atoms with Crippen molar-refractivity contribution >= 4 is 23.5 Å². The van der Waals surface area contributed by atoms with Crippen LogP contribution in [0.15, 0.2) is 42.5 Å². The molecular formula is C20H17F2N3O3. The molecule has 2 heterocycles. The molecule has 28 heavy (non-hydrogen) atoms. The quantitative estimate of drug-likeness (QED) is 0.825. The zero-order valence-electron chi connectivity index (χ0n) is 15.0. The Hall–Kier alpha value is -3.29. The fourth-order valence-electron chi connectivity index (χ4n) is 3.72. The van der Waals surface area contributed by atoms with E-state index in [4.69, 9.17) is 0 Å². The molecule has 0 spiro atoms. The number of carbonyl (C=O) groups is 3. The number of benzene rings is 2. The molecule has 4 rings (SSSR count). The van der Waals surface area contributed by atoms with Crippen LogP contribution < -0.4 is 10.2 Å². The molecule has 6 nitrogen and oxygen atoms in total. The van der Waals surface area contributed by atoms with Gasteiger partial charge in [-0.15, -0.1) is 0 Å². The maximum absolute atomic E-state index is 14.2. The summed E-state index contributed by atoms with van der Waals surface area (Å²) in [4.78, 5) is 40.3. The molecule has 2 aromatic carbocycles. The van der Waals surface area contributed by atoms with Gasteiger partial charge in [0.1, 0.15) is 23.7 Å². The Bertz CT molecular complexity index is 1010. The highest BCUT2D eigenvalue weighted by atomic mass is 19.1. The molecule has 2 aliphatic rings. The highest BCUT2D eigenvalue weighted by molar-refractivity contribution is 6.10. The summed E-state index contributed by atoms with van der Waals surface area (Å²) in [5.41, 5.74) is -0.308. The second kappa shape index (κ2) is 6.40. The minimum Gasteiger partial charge on any atom is -0.319 e. The van der Waals surface area contributed by atoms with Gasteiger partial charge in [0.05, 0.1) is 0 Å². The van der Waals surface area contributed by atoms with Crippen LogP contribution in [-0.4, -0.2) is 35.8 Å². The summed E-state index contributed by atoms with van der Waals surface area (Å²) in [6, 6.07) is 9.27. The second-order valence-electron chi connectivity index (χ2n) is 6.99. The normalized spacial score (nSPS) is 21.1. The van der Waals surface area contributed by atoms with E-state index in [1.807, 2.05) is 18.2 Å². The average molecular weight is 385 g/mol. The van der Waals surface area contributed by atoms with Crippen molar-refractivity contribution in [3.8, 4) is 0 Å². The molecule has 0 radical (unpaired) electrons. The Labute approximate surface area is 159 Å². The van der Waals surface area contributed by atoms with Crippen molar-refractivity contribution in [2.24, 2.45) is 0 Å². The van der Waals surface area contributed by atoms with Crippen LogP contribution in [0.3, 0.4) is 0 Å². The molecule has 0 aromatic heterocycles. The number of carbonyl (C=O) groups excluding carboxylic acids is 3. The molecule has 2 aromatic rings. The third-order valence-electron chi connectivity index (χ3n) is 5.22. The summed E-state index contributed by atoms with van der Waals surface area (Å²) in [7, 11) is 0. The van der Waals surface area contributed by atoms with Crippen molar-refractivity contribution in [1.82, 2.24) is 10.2 Å². The fourth-order valence-corrected chi connectivity index (χ4v) is 3.72. The van der Waals surface area contributed by atoms with Gasteiger partial charge in [-0.1, -0.05) is 18.2 Å². The van der Waals surface area contributed by atoms with Crippen LogP contribution in [0.2, 0.25) is 0 Å². The number of hydrogen-bond donors (Lipinski definition) is 1. The summed E-state index contributed by atoms with van der Waals surface area (Å²) in [6.45, 7) is 1.27. The van der Waals surface area contributed by atoms with E-state index >= 15 is 0 Å². The minimum absolute atomic E-state index is 0.285. The number of anilines is 1. The highest BCUT2D eigenvalue weighted by Gasteiger charge is 2.51. The number of imide groups is 1. The van der Waals surface area contributed by atoms with Gasteiger partial charge in [-0.2, -0.15) is 0 Å². The highest BCUT2D eigenvalue weighted by Crippen LogP contribution is 2.32. The lowest BCUT2D eigenvalue weighted by molar-refractivity contribution is -0.134. The molecule has 1 N–H and O–H groups in total. The van der Waals surface area contributed by atoms with E-state index in [2.05, 4.69) is 5.32 Å². The molecule has 0 saturated carbocycles. The van der Waals surface area contributed by atoms with Crippen LogP contribution in [-0.2, 0) is 21.5 Å². The molecule has 0 bridgehead atoms. The lowest BCUT2D eigenvalue weighted by Crippen LogP contribution is -2.44. The van der Waals surface area contributed by atoms with Gasteiger partial charge >= 0.3 is 6.03 Å². The summed E-state index contributed by atoms with van der Waals surface area (Å²) < 4.78 is 27.8. The van der Waals surface area contributed by atoms with Crippen LogP contribution in [0.1, 0.15) is 18.1 Å². The van der Waals surface area contributed by atoms with Crippen molar-refractivity contribution in [3.63, 3.8) is 0 Å². The van der Waals surface area contributed by atoms with Gasteiger partial charge < -0.3 is 10.2 Å². The summed E-state index contributed by atoms with van der Waals surface area (Å²) in [5, 5.41) is 2.39. The molecule has 4 amide bonds. The number of urea groups is 1. The summed E-state index contributed by atoms with van der Waals surface area (Å²) in [5.74, 6) is -2.78. The average Bonchev–Trinajstić information content (AvgIpc) is 3.19. The maximum Gasteiger partial charge on any atom is 0.325 e. The monoisotopic (exact) mass is 385 g/mol.